The van der Waals surface area contributed by atoms with Crippen molar-refractivity contribution in [2.45, 2.75) is 65.5 Å². The van der Waals surface area contributed by atoms with Crippen molar-refractivity contribution in [2.24, 2.45) is 0 Å². The van der Waals surface area contributed by atoms with Crippen molar-refractivity contribution < 1.29 is 5.11 Å². The molecule has 1 N–H and O–H groups in total. The van der Waals surface area contributed by atoms with E-state index in [0.29, 0.717) is 6.04 Å². The number of nitrogens with zero attached hydrogens (tertiary/aromatic N) is 1. The van der Waals surface area contributed by atoms with Gasteiger partial charge in [-0.1, -0.05) is 13.8 Å². The molecule has 86 valence electrons. The zero-order valence-corrected chi connectivity index (χ0v) is 10.5. The first-order chi connectivity index (χ1) is 6.51. The largest absolute Gasteiger partial charge is 0.390 e. The minimum absolute atomic E-state index is 0.413. The van der Waals surface area contributed by atoms with Gasteiger partial charge in [-0.3, -0.25) is 0 Å². The second-order valence-corrected chi connectivity index (χ2v) is 4.48. The lowest BCUT2D eigenvalue weighted by Crippen LogP contribution is -2.33. The molecule has 1 rings (SSSR count). The Hall–Kier alpha value is -0.0800. The lowest BCUT2D eigenvalue weighted by atomic mass is 9.98. The van der Waals surface area contributed by atoms with Gasteiger partial charge in [-0.25, -0.2) is 0 Å². The predicted octanol–water partition coefficient (Wildman–Crippen LogP) is 2.66. The van der Waals surface area contributed by atoms with Gasteiger partial charge in [0, 0.05) is 12.6 Å². The van der Waals surface area contributed by atoms with Crippen LogP contribution in [0, 0.1) is 0 Å². The minimum Gasteiger partial charge on any atom is -0.390 e. The number of aliphatic hydroxyl groups is 1. The molecule has 1 saturated heterocycles. The van der Waals surface area contributed by atoms with E-state index in [1.54, 1.807) is 0 Å². The Labute approximate surface area is 89.3 Å². The molecule has 0 aliphatic carbocycles. The van der Waals surface area contributed by atoms with Crippen molar-refractivity contribution in [1.29, 1.82) is 0 Å². The smallest absolute Gasteiger partial charge is 0.0632 e. The Kier molecular flexibility index (Phi) is 6.38. The Morgan fingerprint density at radius 3 is 2.21 bits per heavy atom. The molecule has 0 aromatic heterocycles. The first-order valence-corrected chi connectivity index (χ1v) is 5.98. The van der Waals surface area contributed by atoms with Crippen LogP contribution < -0.4 is 0 Å². The molecule has 2 nitrogen and oxygen atoms in total. The van der Waals surface area contributed by atoms with Gasteiger partial charge < -0.3 is 10.0 Å². The predicted molar refractivity (Wildman–Crippen MR) is 62.5 cm³/mol. The Balaban J connectivity index is 0.000000791. The molecule has 0 amide bonds. The summed E-state index contributed by atoms with van der Waals surface area (Å²) >= 11 is 0. The lowest BCUT2D eigenvalue weighted by molar-refractivity contribution is 0.0437. The third-order valence-corrected chi connectivity index (χ3v) is 2.83. The van der Waals surface area contributed by atoms with Gasteiger partial charge >= 0.3 is 0 Å². The van der Waals surface area contributed by atoms with Crippen LogP contribution in [0.15, 0.2) is 0 Å². The fraction of sp³-hybridized carbons (Fsp3) is 1.00. The number of hydrogen-bond acceptors (Lipinski definition) is 2. The van der Waals surface area contributed by atoms with Crippen molar-refractivity contribution in [1.82, 2.24) is 4.90 Å². The summed E-state index contributed by atoms with van der Waals surface area (Å²) in [7, 11) is 0. The summed E-state index contributed by atoms with van der Waals surface area (Å²) in [6, 6.07) is 0.624. The van der Waals surface area contributed by atoms with Crippen LogP contribution in [0.4, 0.5) is 0 Å². The molecule has 14 heavy (non-hydrogen) atoms. The van der Waals surface area contributed by atoms with E-state index in [9.17, 15) is 5.11 Å². The highest BCUT2D eigenvalue weighted by molar-refractivity contribution is 4.80. The van der Waals surface area contributed by atoms with E-state index in [0.717, 1.165) is 32.4 Å². The standard InChI is InChI=1S/C10H21NO.C2H6/c1-9(2)11-7-4-5-10(3,12)6-8-11;1-2/h9,12H,4-8H2,1-3H3;1-2H3. The van der Waals surface area contributed by atoms with Gasteiger partial charge in [-0.05, 0) is 46.6 Å². The first-order valence-electron chi connectivity index (χ1n) is 5.98. The fourth-order valence-electron chi connectivity index (χ4n) is 1.80. The van der Waals surface area contributed by atoms with Crippen LogP contribution in [-0.2, 0) is 0 Å². The molecule has 2 heteroatoms. The van der Waals surface area contributed by atoms with E-state index in [2.05, 4.69) is 18.7 Å². The van der Waals surface area contributed by atoms with Crippen LogP contribution in [0.25, 0.3) is 0 Å². The van der Waals surface area contributed by atoms with Crippen LogP contribution in [0.1, 0.15) is 53.9 Å². The van der Waals surface area contributed by atoms with Crippen molar-refractivity contribution in [3.63, 3.8) is 0 Å². The van der Waals surface area contributed by atoms with Crippen LogP contribution in [0.2, 0.25) is 0 Å². The average molecular weight is 201 g/mol. The summed E-state index contributed by atoms with van der Waals surface area (Å²) in [5.74, 6) is 0. The summed E-state index contributed by atoms with van der Waals surface area (Å²) in [5, 5.41) is 9.83. The van der Waals surface area contributed by atoms with Gasteiger partial charge in [0.25, 0.3) is 0 Å². The molecular formula is C12H27NO. The SMILES string of the molecule is CC.CC(C)N1CCCC(C)(O)CC1. The zero-order valence-electron chi connectivity index (χ0n) is 10.5. The van der Waals surface area contributed by atoms with E-state index < -0.39 is 5.60 Å². The first kappa shape index (κ1) is 13.9. The summed E-state index contributed by atoms with van der Waals surface area (Å²) in [5.41, 5.74) is -0.413. The summed E-state index contributed by atoms with van der Waals surface area (Å²) < 4.78 is 0. The molecule has 0 aromatic rings. The number of likely N-dealkylation sites (tertiary alicyclic amines) is 1. The van der Waals surface area contributed by atoms with E-state index in [1.807, 2.05) is 20.8 Å². The molecular weight excluding hydrogens is 174 g/mol. The Morgan fingerprint density at radius 2 is 1.71 bits per heavy atom. The average Bonchev–Trinajstić information content (AvgIpc) is 2.30. The van der Waals surface area contributed by atoms with E-state index in [-0.39, 0.29) is 0 Å². The maximum Gasteiger partial charge on any atom is 0.0632 e. The van der Waals surface area contributed by atoms with E-state index in [1.165, 1.54) is 0 Å². The Morgan fingerprint density at radius 1 is 1.14 bits per heavy atom. The fourth-order valence-corrected chi connectivity index (χ4v) is 1.80. The second kappa shape index (κ2) is 6.41. The molecule has 1 fully saturated rings. The van der Waals surface area contributed by atoms with Crippen LogP contribution in [0.3, 0.4) is 0 Å². The van der Waals surface area contributed by atoms with Gasteiger partial charge in [-0.2, -0.15) is 0 Å². The summed E-state index contributed by atoms with van der Waals surface area (Å²) in [6.45, 7) is 12.6. The number of rotatable bonds is 1. The van der Waals surface area contributed by atoms with Gasteiger partial charge in [0.15, 0.2) is 0 Å². The molecule has 1 aliphatic rings. The highest BCUT2D eigenvalue weighted by atomic mass is 16.3. The van der Waals surface area contributed by atoms with Crippen LogP contribution in [0.5, 0.6) is 0 Å². The molecule has 0 aromatic carbocycles. The number of hydrogen-bond donors (Lipinski definition) is 1. The quantitative estimate of drug-likeness (QED) is 0.705. The maximum atomic E-state index is 9.83. The van der Waals surface area contributed by atoms with Gasteiger partial charge in [0.1, 0.15) is 0 Å². The second-order valence-electron chi connectivity index (χ2n) is 4.48. The third-order valence-electron chi connectivity index (χ3n) is 2.83. The lowest BCUT2D eigenvalue weighted by Gasteiger charge is -2.25. The van der Waals surface area contributed by atoms with Gasteiger partial charge in [0.05, 0.1) is 5.60 Å². The molecule has 0 saturated carbocycles. The van der Waals surface area contributed by atoms with E-state index in [4.69, 9.17) is 0 Å². The summed E-state index contributed by atoms with van der Waals surface area (Å²) in [4.78, 5) is 2.45. The van der Waals surface area contributed by atoms with Gasteiger partial charge in [0.2, 0.25) is 0 Å². The highest BCUT2D eigenvalue weighted by Crippen LogP contribution is 2.22. The van der Waals surface area contributed by atoms with Crippen molar-refractivity contribution >= 4 is 0 Å². The molecule has 0 bridgehead atoms. The molecule has 0 radical (unpaired) electrons. The monoisotopic (exact) mass is 201 g/mol. The zero-order chi connectivity index (χ0) is 11.2. The molecule has 1 aliphatic heterocycles. The van der Waals surface area contributed by atoms with Crippen LogP contribution in [-0.4, -0.2) is 34.7 Å². The highest BCUT2D eigenvalue weighted by Gasteiger charge is 2.25. The molecule has 1 atom stereocenters. The van der Waals surface area contributed by atoms with Gasteiger partial charge in [-0.15, -0.1) is 0 Å². The minimum atomic E-state index is -0.413. The normalized spacial score (nSPS) is 29.4. The third kappa shape index (κ3) is 4.97. The van der Waals surface area contributed by atoms with Crippen molar-refractivity contribution in [3.8, 4) is 0 Å². The van der Waals surface area contributed by atoms with E-state index >= 15 is 0 Å². The topological polar surface area (TPSA) is 23.5 Å². The van der Waals surface area contributed by atoms with Crippen LogP contribution >= 0.6 is 0 Å². The molecule has 1 heterocycles. The van der Waals surface area contributed by atoms with Crippen molar-refractivity contribution in [2.75, 3.05) is 13.1 Å². The maximum absolute atomic E-state index is 9.83. The Bertz CT molecular complexity index is 143. The van der Waals surface area contributed by atoms with Crippen molar-refractivity contribution in [3.05, 3.63) is 0 Å². The molecule has 0 spiro atoms. The summed E-state index contributed by atoms with van der Waals surface area (Å²) in [6.07, 6.45) is 3.01. The molecule has 1 unspecified atom stereocenters.